The molecule has 2 aromatic rings. The summed E-state index contributed by atoms with van der Waals surface area (Å²) in [6, 6.07) is 13.7. The fourth-order valence-corrected chi connectivity index (χ4v) is 2.41. The first-order valence-corrected chi connectivity index (χ1v) is 8.30. The Morgan fingerprint density at radius 1 is 1.00 bits per heavy atom. The average molecular weight is 320 g/mol. The molecule has 0 bridgehead atoms. The predicted octanol–water partition coefficient (Wildman–Crippen LogP) is 2.59. The molecular formula is C15H16N2O4S. The molecule has 0 radical (unpaired) electrons. The standard InChI is InChI=1S/C15H16N2O4S/c1-21-15(18)11-4-3-5-14(10-11)16-12-6-8-13(9-7-12)17-22(2,19)20/h3-10,16-17H,1-2H3. The second kappa shape index (κ2) is 6.48. The molecule has 116 valence electrons. The lowest BCUT2D eigenvalue weighted by molar-refractivity contribution is 0.0601. The van der Waals surface area contributed by atoms with Crippen LogP contribution in [0.15, 0.2) is 48.5 Å². The highest BCUT2D eigenvalue weighted by Gasteiger charge is 2.06. The van der Waals surface area contributed by atoms with Gasteiger partial charge in [-0.05, 0) is 42.5 Å². The Hall–Kier alpha value is -2.54. The van der Waals surface area contributed by atoms with Crippen molar-refractivity contribution in [1.29, 1.82) is 0 Å². The lowest BCUT2D eigenvalue weighted by Gasteiger charge is -2.09. The Morgan fingerprint density at radius 3 is 2.23 bits per heavy atom. The molecule has 0 unspecified atom stereocenters. The van der Waals surface area contributed by atoms with Crippen molar-refractivity contribution in [3.05, 3.63) is 54.1 Å². The second-order valence-corrected chi connectivity index (χ2v) is 6.40. The van der Waals surface area contributed by atoms with E-state index in [0.717, 1.165) is 17.6 Å². The number of methoxy groups -OCH3 is 1. The third-order valence-corrected chi connectivity index (χ3v) is 3.37. The van der Waals surface area contributed by atoms with E-state index >= 15 is 0 Å². The number of ether oxygens (including phenoxy) is 1. The minimum Gasteiger partial charge on any atom is -0.465 e. The van der Waals surface area contributed by atoms with Crippen molar-refractivity contribution >= 4 is 33.1 Å². The van der Waals surface area contributed by atoms with Crippen LogP contribution >= 0.6 is 0 Å². The smallest absolute Gasteiger partial charge is 0.337 e. The number of anilines is 3. The first-order chi connectivity index (χ1) is 10.4. The van der Waals surface area contributed by atoms with Crippen LogP contribution in [0.2, 0.25) is 0 Å². The highest BCUT2D eigenvalue weighted by Crippen LogP contribution is 2.20. The first-order valence-electron chi connectivity index (χ1n) is 6.40. The van der Waals surface area contributed by atoms with Crippen LogP contribution in [0.4, 0.5) is 17.1 Å². The van der Waals surface area contributed by atoms with E-state index in [0.29, 0.717) is 11.3 Å². The van der Waals surface area contributed by atoms with Gasteiger partial charge in [0.05, 0.1) is 18.9 Å². The average Bonchev–Trinajstić information content (AvgIpc) is 2.47. The van der Waals surface area contributed by atoms with Crippen LogP contribution in [0.1, 0.15) is 10.4 Å². The molecule has 2 aromatic carbocycles. The lowest BCUT2D eigenvalue weighted by atomic mass is 10.2. The highest BCUT2D eigenvalue weighted by molar-refractivity contribution is 7.92. The SMILES string of the molecule is COC(=O)c1cccc(Nc2ccc(NS(C)(=O)=O)cc2)c1. The number of carbonyl (C=O) groups is 1. The molecule has 0 aromatic heterocycles. The van der Waals surface area contributed by atoms with E-state index in [2.05, 4.69) is 14.8 Å². The molecule has 0 saturated carbocycles. The maximum Gasteiger partial charge on any atom is 0.337 e. The van der Waals surface area contributed by atoms with Crippen LogP contribution in [-0.2, 0) is 14.8 Å². The molecule has 0 spiro atoms. The van der Waals surface area contributed by atoms with E-state index < -0.39 is 16.0 Å². The number of hydrogen-bond donors (Lipinski definition) is 2. The van der Waals surface area contributed by atoms with Crippen molar-refractivity contribution in [1.82, 2.24) is 0 Å². The third-order valence-electron chi connectivity index (χ3n) is 2.76. The number of nitrogens with one attached hydrogen (secondary N) is 2. The molecule has 2 N–H and O–H groups in total. The van der Waals surface area contributed by atoms with Crippen molar-refractivity contribution in [3.8, 4) is 0 Å². The van der Waals surface area contributed by atoms with Gasteiger partial charge in [0, 0.05) is 17.1 Å². The summed E-state index contributed by atoms with van der Waals surface area (Å²) in [5.74, 6) is -0.406. The number of esters is 1. The van der Waals surface area contributed by atoms with Crippen LogP contribution in [-0.4, -0.2) is 27.8 Å². The summed E-state index contributed by atoms with van der Waals surface area (Å²) in [4.78, 5) is 11.5. The molecule has 0 heterocycles. The van der Waals surface area contributed by atoms with E-state index in [4.69, 9.17) is 0 Å². The zero-order valence-corrected chi connectivity index (χ0v) is 13.0. The zero-order valence-electron chi connectivity index (χ0n) is 12.2. The number of hydrogen-bond acceptors (Lipinski definition) is 5. The predicted molar refractivity (Wildman–Crippen MR) is 86.0 cm³/mol. The zero-order chi connectivity index (χ0) is 16.2. The van der Waals surface area contributed by atoms with E-state index in [1.165, 1.54) is 7.11 Å². The maximum atomic E-state index is 11.5. The summed E-state index contributed by atoms with van der Waals surface area (Å²) in [6.07, 6.45) is 1.09. The van der Waals surface area contributed by atoms with Gasteiger partial charge in [-0.15, -0.1) is 0 Å². The van der Waals surface area contributed by atoms with Gasteiger partial charge in [0.1, 0.15) is 0 Å². The minimum atomic E-state index is -3.29. The monoisotopic (exact) mass is 320 g/mol. The van der Waals surface area contributed by atoms with Crippen molar-refractivity contribution in [2.75, 3.05) is 23.4 Å². The van der Waals surface area contributed by atoms with Crippen molar-refractivity contribution < 1.29 is 17.9 Å². The molecule has 0 saturated heterocycles. The lowest BCUT2D eigenvalue weighted by Crippen LogP contribution is -2.09. The Kier molecular flexibility index (Phi) is 4.67. The van der Waals surface area contributed by atoms with Gasteiger partial charge in [-0.2, -0.15) is 0 Å². The fraction of sp³-hybridized carbons (Fsp3) is 0.133. The van der Waals surface area contributed by atoms with E-state index in [1.54, 1.807) is 42.5 Å². The number of sulfonamides is 1. The number of benzene rings is 2. The Balaban J connectivity index is 2.12. The summed E-state index contributed by atoms with van der Waals surface area (Å²) in [5.41, 5.74) is 2.42. The van der Waals surface area contributed by atoms with Crippen molar-refractivity contribution in [3.63, 3.8) is 0 Å². The summed E-state index contributed by atoms with van der Waals surface area (Å²) < 4.78 is 29.3. The molecule has 0 aliphatic carbocycles. The van der Waals surface area contributed by atoms with Crippen LogP contribution in [0, 0.1) is 0 Å². The van der Waals surface area contributed by atoms with Crippen molar-refractivity contribution in [2.45, 2.75) is 0 Å². The van der Waals surface area contributed by atoms with Gasteiger partial charge < -0.3 is 10.1 Å². The number of rotatable bonds is 5. The van der Waals surface area contributed by atoms with Gasteiger partial charge in [-0.1, -0.05) is 6.07 Å². The maximum absolute atomic E-state index is 11.5. The largest absolute Gasteiger partial charge is 0.465 e. The van der Waals surface area contributed by atoms with Gasteiger partial charge in [-0.25, -0.2) is 13.2 Å². The quantitative estimate of drug-likeness (QED) is 0.827. The van der Waals surface area contributed by atoms with Gasteiger partial charge in [0.15, 0.2) is 0 Å². The molecule has 22 heavy (non-hydrogen) atoms. The molecule has 7 heteroatoms. The second-order valence-electron chi connectivity index (χ2n) is 4.65. The number of carbonyl (C=O) groups excluding carboxylic acids is 1. The minimum absolute atomic E-state index is 0.406. The van der Waals surface area contributed by atoms with Gasteiger partial charge in [0.2, 0.25) is 10.0 Å². The van der Waals surface area contributed by atoms with Crippen LogP contribution in [0.25, 0.3) is 0 Å². The van der Waals surface area contributed by atoms with E-state index in [9.17, 15) is 13.2 Å². The molecule has 6 nitrogen and oxygen atoms in total. The topological polar surface area (TPSA) is 84.5 Å². The van der Waals surface area contributed by atoms with Crippen LogP contribution < -0.4 is 10.0 Å². The van der Waals surface area contributed by atoms with Gasteiger partial charge in [-0.3, -0.25) is 4.72 Å². The van der Waals surface area contributed by atoms with Gasteiger partial charge in [0.25, 0.3) is 0 Å². The highest BCUT2D eigenvalue weighted by atomic mass is 32.2. The van der Waals surface area contributed by atoms with E-state index in [1.807, 2.05) is 6.07 Å². The Bertz CT molecular complexity index is 770. The van der Waals surface area contributed by atoms with Gasteiger partial charge >= 0.3 is 5.97 Å². The summed E-state index contributed by atoms with van der Waals surface area (Å²) in [7, 11) is -1.96. The Morgan fingerprint density at radius 2 is 1.64 bits per heavy atom. The molecule has 0 aliphatic rings. The first kappa shape index (κ1) is 15.8. The summed E-state index contributed by atoms with van der Waals surface area (Å²) in [6.45, 7) is 0. The van der Waals surface area contributed by atoms with Crippen LogP contribution in [0.5, 0.6) is 0 Å². The molecular weight excluding hydrogens is 304 g/mol. The van der Waals surface area contributed by atoms with Crippen LogP contribution in [0.3, 0.4) is 0 Å². The third kappa shape index (κ3) is 4.49. The normalized spacial score (nSPS) is 10.8. The molecule has 0 fully saturated rings. The van der Waals surface area contributed by atoms with Crippen molar-refractivity contribution in [2.24, 2.45) is 0 Å². The molecule has 0 atom stereocenters. The van der Waals surface area contributed by atoms with E-state index in [-0.39, 0.29) is 0 Å². The molecule has 2 rings (SSSR count). The molecule has 0 amide bonds. The fourth-order valence-electron chi connectivity index (χ4n) is 1.84. The summed E-state index contributed by atoms with van der Waals surface area (Å²) >= 11 is 0. The Labute approximate surface area is 129 Å². The molecule has 0 aliphatic heterocycles. The summed E-state index contributed by atoms with van der Waals surface area (Å²) in [5, 5.41) is 3.13.